The second-order valence-electron chi connectivity index (χ2n) is 4.05. The number of nitrogens with zero attached hydrogens (tertiary/aromatic N) is 4. The fourth-order valence-electron chi connectivity index (χ4n) is 1.93. The summed E-state index contributed by atoms with van der Waals surface area (Å²) in [5, 5.41) is 0.181. The van der Waals surface area contributed by atoms with Crippen LogP contribution in [0, 0.1) is 5.82 Å². The zero-order valence-corrected chi connectivity index (χ0v) is 10.7. The average molecular weight is 278 g/mol. The molecular weight excluding hydrogens is 269 g/mol. The van der Waals surface area contributed by atoms with E-state index in [1.165, 1.54) is 12.1 Å². The Morgan fingerprint density at radius 1 is 1.26 bits per heavy atom. The van der Waals surface area contributed by atoms with Gasteiger partial charge in [0.1, 0.15) is 17.2 Å². The number of aromatic nitrogens is 4. The molecule has 19 heavy (non-hydrogen) atoms. The topological polar surface area (TPSA) is 69.6 Å². The predicted octanol–water partition coefficient (Wildman–Crippen LogP) is 2.40. The van der Waals surface area contributed by atoms with Crippen LogP contribution in [-0.2, 0) is 7.05 Å². The van der Waals surface area contributed by atoms with E-state index in [1.54, 1.807) is 23.7 Å². The van der Waals surface area contributed by atoms with Gasteiger partial charge in [0, 0.05) is 12.6 Å². The number of anilines is 1. The quantitative estimate of drug-likeness (QED) is 0.694. The number of nitrogens with two attached hydrogens (primary N) is 1. The minimum Gasteiger partial charge on any atom is -0.368 e. The van der Waals surface area contributed by atoms with Gasteiger partial charge in [0.05, 0.1) is 0 Å². The lowest BCUT2D eigenvalue weighted by Gasteiger charge is -2.01. The van der Waals surface area contributed by atoms with Crippen molar-refractivity contribution in [2.75, 3.05) is 5.73 Å². The van der Waals surface area contributed by atoms with E-state index in [0.29, 0.717) is 22.6 Å². The molecule has 0 saturated heterocycles. The van der Waals surface area contributed by atoms with Crippen molar-refractivity contribution in [3.05, 3.63) is 35.2 Å². The van der Waals surface area contributed by atoms with E-state index in [2.05, 4.69) is 15.0 Å². The summed E-state index contributed by atoms with van der Waals surface area (Å²) in [6.07, 6.45) is 0. The van der Waals surface area contributed by atoms with Crippen molar-refractivity contribution in [3.8, 4) is 11.4 Å². The van der Waals surface area contributed by atoms with Crippen molar-refractivity contribution in [1.29, 1.82) is 0 Å². The van der Waals surface area contributed by atoms with Gasteiger partial charge < -0.3 is 10.3 Å². The molecule has 0 aliphatic heterocycles. The van der Waals surface area contributed by atoms with Crippen LogP contribution in [0.3, 0.4) is 0 Å². The van der Waals surface area contributed by atoms with Gasteiger partial charge in [-0.25, -0.2) is 9.37 Å². The Morgan fingerprint density at radius 3 is 2.79 bits per heavy atom. The van der Waals surface area contributed by atoms with Crippen LogP contribution in [0.1, 0.15) is 0 Å². The lowest BCUT2D eigenvalue weighted by atomic mass is 10.2. The summed E-state index contributed by atoms with van der Waals surface area (Å²) in [5.74, 6) is 0.295. The highest BCUT2D eigenvalue weighted by molar-refractivity contribution is 6.33. The van der Waals surface area contributed by atoms with Crippen LogP contribution in [0.5, 0.6) is 0 Å². The van der Waals surface area contributed by atoms with E-state index >= 15 is 0 Å². The summed E-state index contributed by atoms with van der Waals surface area (Å²) in [6.45, 7) is 0. The van der Waals surface area contributed by atoms with Gasteiger partial charge in [0.25, 0.3) is 0 Å². The minimum atomic E-state index is -0.332. The first kappa shape index (κ1) is 11.9. The van der Waals surface area contributed by atoms with Gasteiger partial charge in [0.15, 0.2) is 10.8 Å². The second kappa shape index (κ2) is 4.17. The molecule has 2 heterocycles. The maximum Gasteiger partial charge on any atom is 0.223 e. The smallest absolute Gasteiger partial charge is 0.223 e. The standard InChI is InChI=1S/C12H9ClFN5/c1-19-10(6-3-2-4-7(14)5-6)16-8-9(13)17-12(15)18-11(8)19/h2-5H,1H3,(H2,15,17,18). The van der Waals surface area contributed by atoms with Crippen LogP contribution in [0.25, 0.3) is 22.6 Å². The molecule has 5 nitrogen and oxygen atoms in total. The van der Waals surface area contributed by atoms with E-state index < -0.39 is 0 Å². The van der Waals surface area contributed by atoms with Crippen molar-refractivity contribution in [1.82, 2.24) is 19.5 Å². The molecule has 2 N–H and O–H groups in total. The number of halogens is 2. The van der Waals surface area contributed by atoms with Gasteiger partial charge in [-0.3, -0.25) is 0 Å². The van der Waals surface area contributed by atoms with Crippen molar-refractivity contribution < 1.29 is 4.39 Å². The lowest BCUT2D eigenvalue weighted by Crippen LogP contribution is -1.98. The number of nitrogen functional groups attached to an aromatic ring is 1. The summed E-state index contributed by atoms with van der Waals surface area (Å²) in [7, 11) is 1.76. The second-order valence-corrected chi connectivity index (χ2v) is 4.41. The average Bonchev–Trinajstić information content (AvgIpc) is 2.68. The highest BCUT2D eigenvalue weighted by atomic mass is 35.5. The third-order valence-corrected chi connectivity index (χ3v) is 3.04. The monoisotopic (exact) mass is 277 g/mol. The molecule has 3 aromatic rings. The van der Waals surface area contributed by atoms with Crippen molar-refractivity contribution in [3.63, 3.8) is 0 Å². The third kappa shape index (κ3) is 1.90. The molecule has 2 aromatic heterocycles. The Hall–Kier alpha value is -2.21. The third-order valence-electron chi connectivity index (χ3n) is 2.78. The Morgan fingerprint density at radius 2 is 2.05 bits per heavy atom. The molecule has 0 aliphatic carbocycles. The number of aryl methyl sites for hydroxylation is 1. The lowest BCUT2D eigenvalue weighted by molar-refractivity contribution is 0.628. The maximum atomic E-state index is 13.3. The van der Waals surface area contributed by atoms with Crippen LogP contribution in [0.2, 0.25) is 5.15 Å². The molecule has 0 aliphatic rings. The molecule has 0 atom stereocenters. The van der Waals surface area contributed by atoms with E-state index in [-0.39, 0.29) is 16.9 Å². The number of rotatable bonds is 1. The molecule has 0 bridgehead atoms. The Balaban J connectivity index is 2.31. The first-order valence-corrected chi connectivity index (χ1v) is 5.85. The summed E-state index contributed by atoms with van der Waals surface area (Å²) < 4.78 is 15.0. The SMILES string of the molecule is Cn1c(-c2cccc(F)c2)nc2c(Cl)nc(N)nc21. The van der Waals surface area contributed by atoms with E-state index in [1.807, 2.05) is 0 Å². The number of imidazole rings is 1. The van der Waals surface area contributed by atoms with Crippen molar-refractivity contribution >= 4 is 28.7 Å². The molecule has 0 amide bonds. The van der Waals surface area contributed by atoms with Crippen molar-refractivity contribution in [2.45, 2.75) is 0 Å². The molecule has 1 aromatic carbocycles. The first-order valence-electron chi connectivity index (χ1n) is 5.47. The number of fused-ring (bicyclic) bond motifs is 1. The summed E-state index contributed by atoms with van der Waals surface area (Å²) in [6, 6.07) is 6.14. The molecule has 0 saturated carbocycles. The first-order chi connectivity index (χ1) is 9.06. The highest BCUT2D eigenvalue weighted by Gasteiger charge is 2.15. The number of hydrogen-bond acceptors (Lipinski definition) is 4. The van der Waals surface area contributed by atoms with Gasteiger partial charge in [-0.2, -0.15) is 9.97 Å². The van der Waals surface area contributed by atoms with E-state index in [9.17, 15) is 4.39 Å². The minimum absolute atomic E-state index is 0.0753. The van der Waals surface area contributed by atoms with Gasteiger partial charge in [-0.1, -0.05) is 23.7 Å². The molecule has 96 valence electrons. The van der Waals surface area contributed by atoms with Crippen LogP contribution < -0.4 is 5.73 Å². The van der Waals surface area contributed by atoms with Crippen LogP contribution >= 0.6 is 11.6 Å². The van der Waals surface area contributed by atoms with Crippen LogP contribution in [-0.4, -0.2) is 19.5 Å². The molecule has 0 fully saturated rings. The summed E-state index contributed by atoms with van der Waals surface area (Å²) >= 11 is 5.99. The molecule has 0 spiro atoms. The largest absolute Gasteiger partial charge is 0.368 e. The normalized spacial score (nSPS) is 11.1. The Labute approximate surface area is 112 Å². The molecule has 3 rings (SSSR count). The van der Waals surface area contributed by atoms with Gasteiger partial charge in [0.2, 0.25) is 5.95 Å². The van der Waals surface area contributed by atoms with Gasteiger partial charge in [-0.15, -0.1) is 0 Å². The zero-order chi connectivity index (χ0) is 13.6. The molecular formula is C12H9ClFN5. The number of hydrogen-bond donors (Lipinski definition) is 1. The van der Waals surface area contributed by atoms with Crippen LogP contribution in [0.15, 0.2) is 24.3 Å². The van der Waals surface area contributed by atoms with E-state index in [0.717, 1.165) is 0 Å². The van der Waals surface area contributed by atoms with Gasteiger partial charge >= 0.3 is 0 Å². The van der Waals surface area contributed by atoms with Gasteiger partial charge in [-0.05, 0) is 12.1 Å². The fourth-order valence-corrected chi connectivity index (χ4v) is 2.14. The van der Waals surface area contributed by atoms with Crippen LogP contribution in [0.4, 0.5) is 10.3 Å². The summed E-state index contributed by atoms with van der Waals surface area (Å²) in [4.78, 5) is 12.3. The Kier molecular flexibility index (Phi) is 2.60. The maximum absolute atomic E-state index is 13.3. The van der Waals surface area contributed by atoms with E-state index in [4.69, 9.17) is 17.3 Å². The highest BCUT2D eigenvalue weighted by Crippen LogP contribution is 2.26. The Bertz CT molecular complexity index is 783. The summed E-state index contributed by atoms with van der Waals surface area (Å²) in [5.41, 5.74) is 7.15. The molecule has 0 radical (unpaired) electrons. The number of benzene rings is 1. The fraction of sp³-hybridized carbons (Fsp3) is 0.0833. The van der Waals surface area contributed by atoms with Crippen molar-refractivity contribution in [2.24, 2.45) is 7.05 Å². The molecule has 7 heteroatoms. The molecule has 0 unspecified atom stereocenters. The predicted molar refractivity (Wildman–Crippen MR) is 71.1 cm³/mol. The zero-order valence-electron chi connectivity index (χ0n) is 9.93.